The van der Waals surface area contributed by atoms with Gasteiger partial charge in [0.15, 0.2) is 0 Å². The van der Waals surface area contributed by atoms with Gasteiger partial charge in [-0.2, -0.15) is 5.26 Å². The molecule has 0 spiro atoms. The van der Waals surface area contributed by atoms with E-state index in [0.717, 1.165) is 25.7 Å². The number of nitrogens with zero attached hydrogens (tertiary/aromatic N) is 4. The largest absolute Gasteiger partial charge is 0.495 e. The Bertz CT molecular complexity index is 1270. The number of amides is 1. The van der Waals surface area contributed by atoms with Crippen LogP contribution >= 0.6 is 23.1 Å². The van der Waals surface area contributed by atoms with Crippen LogP contribution in [-0.2, 0) is 4.79 Å². The molecule has 0 N–H and O–H groups in total. The van der Waals surface area contributed by atoms with Crippen molar-refractivity contribution in [2.45, 2.75) is 11.4 Å². The number of anilines is 1. The van der Waals surface area contributed by atoms with E-state index in [1.807, 2.05) is 36.4 Å². The van der Waals surface area contributed by atoms with Crippen LogP contribution in [0.1, 0.15) is 6.42 Å². The monoisotopic (exact) mass is 460 g/mol. The molecule has 6 nitrogen and oxygen atoms in total. The summed E-state index contributed by atoms with van der Waals surface area (Å²) in [5, 5.41) is 10.8. The number of ether oxygens (including phenoxy) is 1. The summed E-state index contributed by atoms with van der Waals surface area (Å²) in [6.07, 6.45) is 1.77. The first kappa shape index (κ1) is 21.8. The zero-order valence-electron chi connectivity index (χ0n) is 17.4. The highest BCUT2D eigenvalue weighted by Gasteiger charge is 2.20. The Morgan fingerprint density at radius 2 is 1.94 bits per heavy atom. The van der Waals surface area contributed by atoms with E-state index in [1.54, 1.807) is 29.4 Å². The molecule has 0 saturated heterocycles. The summed E-state index contributed by atoms with van der Waals surface area (Å²) < 4.78 is 5.42. The van der Waals surface area contributed by atoms with Gasteiger partial charge in [-0.25, -0.2) is 9.97 Å². The molecule has 0 aliphatic rings. The first-order valence-corrected chi connectivity index (χ1v) is 11.7. The van der Waals surface area contributed by atoms with Crippen LogP contribution in [0, 0.1) is 11.3 Å². The van der Waals surface area contributed by atoms with Crippen LogP contribution in [-0.4, -0.2) is 35.3 Å². The summed E-state index contributed by atoms with van der Waals surface area (Å²) in [6.45, 7) is 0.298. The molecule has 4 aromatic rings. The minimum Gasteiger partial charge on any atom is -0.495 e. The smallest absolute Gasteiger partial charge is 0.237 e. The maximum Gasteiger partial charge on any atom is 0.237 e. The Kier molecular flexibility index (Phi) is 7.00. The Hall–Kier alpha value is -3.41. The Morgan fingerprint density at radius 3 is 2.72 bits per heavy atom. The minimum absolute atomic E-state index is 0.111. The lowest BCUT2D eigenvalue weighted by Gasteiger charge is -2.23. The molecule has 0 fully saturated rings. The van der Waals surface area contributed by atoms with Crippen LogP contribution in [0.4, 0.5) is 5.69 Å². The van der Waals surface area contributed by atoms with Crippen molar-refractivity contribution in [3.05, 3.63) is 67.0 Å². The second-order valence-corrected chi connectivity index (χ2v) is 8.78. The fourth-order valence-corrected chi connectivity index (χ4v) is 5.21. The van der Waals surface area contributed by atoms with Gasteiger partial charge in [0.25, 0.3) is 0 Å². The number of para-hydroxylation sites is 2. The molecule has 8 heteroatoms. The summed E-state index contributed by atoms with van der Waals surface area (Å²) in [6, 6.07) is 21.7. The van der Waals surface area contributed by atoms with E-state index in [9.17, 15) is 4.79 Å². The van der Waals surface area contributed by atoms with Crippen molar-refractivity contribution in [3.63, 3.8) is 0 Å². The van der Waals surface area contributed by atoms with Crippen LogP contribution in [0.3, 0.4) is 0 Å². The standard InChI is InChI=1S/C24H20N4O2S2/c1-30-20-11-6-5-10-19(20)28(13-7-12-25)22(29)15-31-23-18-14-21(17-8-3-2-4-9-17)32-24(18)27-16-26-23/h2-6,8-11,14,16H,7,13,15H2,1H3. The van der Waals surface area contributed by atoms with E-state index in [1.165, 1.54) is 18.1 Å². The third-order valence-corrected chi connectivity index (χ3v) is 6.89. The zero-order chi connectivity index (χ0) is 22.3. The molecule has 0 aliphatic carbocycles. The SMILES string of the molecule is COc1ccccc1N(CCC#N)C(=O)CSc1ncnc2sc(-c3ccccc3)cc12. The predicted octanol–water partition coefficient (Wildman–Crippen LogP) is 5.41. The number of methoxy groups -OCH3 is 1. The van der Waals surface area contributed by atoms with E-state index in [4.69, 9.17) is 10.00 Å². The second kappa shape index (κ2) is 10.3. The van der Waals surface area contributed by atoms with Gasteiger partial charge in [-0.05, 0) is 23.8 Å². The third kappa shape index (κ3) is 4.74. The molecular weight excluding hydrogens is 440 g/mol. The Balaban J connectivity index is 1.57. The van der Waals surface area contributed by atoms with Crippen LogP contribution < -0.4 is 9.64 Å². The van der Waals surface area contributed by atoms with Crippen molar-refractivity contribution < 1.29 is 9.53 Å². The number of fused-ring (bicyclic) bond motifs is 1. The van der Waals surface area contributed by atoms with Crippen LogP contribution in [0.15, 0.2) is 72.0 Å². The van der Waals surface area contributed by atoms with E-state index < -0.39 is 0 Å². The highest BCUT2D eigenvalue weighted by atomic mass is 32.2. The number of rotatable bonds is 8. The van der Waals surface area contributed by atoms with Gasteiger partial charge in [-0.3, -0.25) is 4.79 Å². The molecule has 0 radical (unpaired) electrons. The third-order valence-electron chi connectivity index (χ3n) is 4.81. The van der Waals surface area contributed by atoms with Gasteiger partial charge in [0.05, 0.1) is 31.0 Å². The highest BCUT2D eigenvalue weighted by molar-refractivity contribution is 8.00. The Labute approximate surface area is 194 Å². The fraction of sp³-hybridized carbons (Fsp3) is 0.167. The van der Waals surface area contributed by atoms with Crippen molar-refractivity contribution >= 4 is 44.9 Å². The summed E-state index contributed by atoms with van der Waals surface area (Å²) in [4.78, 5) is 25.6. The Morgan fingerprint density at radius 1 is 1.16 bits per heavy atom. The lowest BCUT2D eigenvalue weighted by molar-refractivity contribution is -0.116. The second-order valence-electron chi connectivity index (χ2n) is 6.79. The van der Waals surface area contributed by atoms with Gasteiger partial charge >= 0.3 is 0 Å². The first-order valence-electron chi connectivity index (χ1n) is 9.94. The molecule has 160 valence electrons. The van der Waals surface area contributed by atoms with Gasteiger partial charge in [-0.15, -0.1) is 11.3 Å². The average molecular weight is 461 g/mol. The number of carbonyl (C=O) groups is 1. The molecule has 32 heavy (non-hydrogen) atoms. The summed E-state index contributed by atoms with van der Waals surface area (Å²) in [7, 11) is 1.57. The van der Waals surface area contributed by atoms with Gasteiger partial charge in [0.2, 0.25) is 5.91 Å². The van der Waals surface area contributed by atoms with Gasteiger partial charge in [-0.1, -0.05) is 54.2 Å². The highest BCUT2D eigenvalue weighted by Crippen LogP contribution is 2.36. The maximum atomic E-state index is 13.2. The molecule has 0 aliphatic heterocycles. The average Bonchev–Trinajstić information content (AvgIpc) is 3.29. The van der Waals surface area contributed by atoms with Crippen LogP contribution in [0.2, 0.25) is 0 Å². The number of thioether (sulfide) groups is 1. The van der Waals surface area contributed by atoms with Crippen molar-refractivity contribution in [2.75, 3.05) is 24.3 Å². The fourth-order valence-electron chi connectivity index (χ4n) is 3.30. The van der Waals surface area contributed by atoms with Gasteiger partial charge in [0.1, 0.15) is 21.9 Å². The molecule has 2 aromatic carbocycles. The van der Waals surface area contributed by atoms with Crippen molar-refractivity contribution in [2.24, 2.45) is 0 Å². The van der Waals surface area contributed by atoms with Gasteiger partial charge < -0.3 is 9.64 Å². The number of thiophene rings is 1. The quantitative estimate of drug-likeness (QED) is 0.259. The molecule has 2 aromatic heterocycles. The molecule has 0 unspecified atom stereocenters. The van der Waals surface area contributed by atoms with E-state index in [2.05, 4.69) is 34.2 Å². The number of hydrogen-bond acceptors (Lipinski definition) is 7. The number of hydrogen-bond donors (Lipinski definition) is 0. The van der Waals surface area contributed by atoms with Crippen molar-refractivity contribution in [1.29, 1.82) is 5.26 Å². The normalized spacial score (nSPS) is 10.6. The van der Waals surface area contributed by atoms with Crippen LogP contribution in [0.5, 0.6) is 5.75 Å². The van der Waals surface area contributed by atoms with Crippen LogP contribution in [0.25, 0.3) is 20.7 Å². The number of nitriles is 1. The molecule has 2 heterocycles. The number of aromatic nitrogens is 2. The van der Waals surface area contributed by atoms with Crippen molar-refractivity contribution in [1.82, 2.24) is 9.97 Å². The zero-order valence-corrected chi connectivity index (χ0v) is 19.0. The summed E-state index contributed by atoms with van der Waals surface area (Å²) in [5.74, 6) is 0.671. The van der Waals surface area contributed by atoms with E-state index >= 15 is 0 Å². The maximum absolute atomic E-state index is 13.2. The van der Waals surface area contributed by atoms with E-state index in [0.29, 0.717) is 18.0 Å². The molecule has 0 atom stereocenters. The molecule has 0 saturated carbocycles. The number of benzene rings is 2. The van der Waals surface area contributed by atoms with Crippen molar-refractivity contribution in [3.8, 4) is 22.3 Å². The first-order chi connectivity index (χ1) is 15.7. The predicted molar refractivity (Wildman–Crippen MR) is 129 cm³/mol. The minimum atomic E-state index is -0.111. The molecule has 1 amide bonds. The number of carbonyl (C=O) groups excluding carboxylic acids is 1. The molecule has 4 rings (SSSR count). The molecular formula is C24H20N4O2S2. The summed E-state index contributed by atoms with van der Waals surface area (Å²) in [5.41, 5.74) is 1.78. The topological polar surface area (TPSA) is 79.1 Å². The lowest BCUT2D eigenvalue weighted by Crippen LogP contribution is -2.33. The lowest BCUT2D eigenvalue weighted by atomic mass is 10.2. The summed E-state index contributed by atoms with van der Waals surface area (Å²) >= 11 is 2.98. The molecule has 0 bridgehead atoms. The van der Waals surface area contributed by atoms with E-state index in [-0.39, 0.29) is 18.1 Å². The van der Waals surface area contributed by atoms with Gasteiger partial charge in [0, 0.05) is 16.8 Å².